The summed E-state index contributed by atoms with van der Waals surface area (Å²) in [4.78, 5) is 102. The summed E-state index contributed by atoms with van der Waals surface area (Å²) >= 11 is 0. The van der Waals surface area contributed by atoms with Gasteiger partial charge >= 0.3 is 73.8 Å². The van der Waals surface area contributed by atoms with Crippen LogP contribution < -0.4 is 16.0 Å². The van der Waals surface area contributed by atoms with E-state index in [9.17, 15) is 38.4 Å². The van der Waals surface area contributed by atoms with Crippen molar-refractivity contribution in [2.24, 2.45) is 32.5 Å². The Bertz CT molecular complexity index is 2730. The fraction of sp³-hybridized carbons (Fsp3) is 0.836. The summed E-state index contributed by atoms with van der Waals surface area (Å²) in [6, 6.07) is 1.21. The SMILES string of the molecule is C=CC(=O)OCCOC(=O)CCC1(C)CC(NC(=O)OC(COCCC[Si](C)(C)O[Si](C)(C)O[Si](C)(C)O[Si](C)(C)O[Si](C)(C)CCCC)COC(=O)CCC2(C)CC(NC(=O)OCCCCOC(=O)CCC3(C)CC(NC(=O)OCCOC(=O)C=C)CC(C)(C)C3)CC(C)(C)C2)CC(C)(C)C1. The highest BCUT2D eigenvalue weighted by atomic mass is 28.5. The van der Waals surface area contributed by atoms with Crippen LogP contribution in [-0.4, -0.2) is 174 Å². The number of esters is 5. The molecule has 29 heteroatoms. The zero-order valence-electron chi connectivity index (χ0n) is 66.4. The molecule has 7 atom stereocenters. The summed E-state index contributed by atoms with van der Waals surface area (Å²) in [5, 5.41) is 9.12. The van der Waals surface area contributed by atoms with Crippen molar-refractivity contribution in [2.45, 2.75) is 299 Å². The number of hydrogen-bond acceptors (Lipinski definition) is 21. The highest BCUT2D eigenvalue weighted by Crippen LogP contribution is 2.51. The monoisotopic (exact) mass is 1530 g/mol. The number of carbonyl (C=O) groups is 8. The van der Waals surface area contributed by atoms with Crippen molar-refractivity contribution in [3.8, 4) is 0 Å². The van der Waals surface area contributed by atoms with Crippen LogP contribution in [0.3, 0.4) is 0 Å². The zero-order valence-corrected chi connectivity index (χ0v) is 71.4. The first kappa shape index (κ1) is 91.7. The predicted octanol–water partition coefficient (Wildman–Crippen LogP) is 15.3. The molecule has 3 aliphatic carbocycles. The van der Waals surface area contributed by atoms with Crippen LogP contribution in [0.4, 0.5) is 14.4 Å². The van der Waals surface area contributed by atoms with Crippen molar-refractivity contribution in [1.82, 2.24) is 16.0 Å². The van der Waals surface area contributed by atoms with Crippen LogP contribution >= 0.6 is 0 Å². The molecule has 3 aliphatic rings. The number of alkyl carbamates (subject to hydrolysis) is 3. The lowest BCUT2D eigenvalue weighted by atomic mass is 9.61. The summed E-state index contributed by atoms with van der Waals surface area (Å²) in [7, 11) is -12.0. The summed E-state index contributed by atoms with van der Waals surface area (Å²) < 4.78 is 77.1. The lowest BCUT2D eigenvalue weighted by Gasteiger charge is -2.47. The number of unbranched alkanes of at least 4 members (excludes halogenated alkanes) is 2. The molecule has 3 rings (SSSR count). The highest BCUT2D eigenvalue weighted by molar-refractivity contribution is 6.90. The van der Waals surface area contributed by atoms with E-state index in [2.05, 4.69) is 164 Å². The maximum absolute atomic E-state index is 14.0. The number of hydrogen-bond donors (Lipinski definition) is 3. The first-order valence-corrected chi connectivity index (χ1v) is 52.0. The third kappa shape index (κ3) is 39.2. The van der Waals surface area contributed by atoms with E-state index in [0.29, 0.717) is 77.2 Å². The van der Waals surface area contributed by atoms with Crippen molar-refractivity contribution < 1.29 is 97.4 Å². The van der Waals surface area contributed by atoms with E-state index in [1.54, 1.807) is 0 Å². The Labute approximate surface area is 617 Å². The van der Waals surface area contributed by atoms with Gasteiger partial charge in [-0.1, -0.05) is 95.2 Å². The van der Waals surface area contributed by atoms with E-state index in [1.807, 2.05) is 0 Å². The van der Waals surface area contributed by atoms with E-state index in [0.717, 1.165) is 62.8 Å². The second kappa shape index (κ2) is 41.0. The normalized spacial score (nSPS) is 23.0. The zero-order chi connectivity index (χ0) is 77.1. The van der Waals surface area contributed by atoms with Gasteiger partial charge in [0.25, 0.3) is 0 Å². The average Bonchev–Trinajstić information content (AvgIpc) is 0.819. The van der Waals surface area contributed by atoms with Crippen molar-refractivity contribution >= 4 is 90.4 Å². The molecule has 3 saturated carbocycles. The fourth-order valence-corrected chi connectivity index (χ4v) is 41.4. The van der Waals surface area contributed by atoms with Crippen LogP contribution in [0.25, 0.3) is 0 Å². The van der Waals surface area contributed by atoms with Crippen LogP contribution in [-0.2, 0) is 83.1 Å². The Hall–Kier alpha value is -4.48. The van der Waals surface area contributed by atoms with Gasteiger partial charge in [-0.05, 0) is 206 Å². The smallest absolute Gasteiger partial charge is 0.407 e. The Morgan fingerprint density at radius 1 is 0.412 bits per heavy atom. The molecule has 3 amide bonds. The molecule has 588 valence electrons. The fourth-order valence-electron chi connectivity index (χ4n) is 16.6. The molecule has 102 heavy (non-hydrogen) atoms. The van der Waals surface area contributed by atoms with Crippen molar-refractivity contribution in [2.75, 3.05) is 59.5 Å². The molecule has 3 N–H and O–H groups in total. The Balaban J connectivity index is 1.57. The first-order valence-electron chi connectivity index (χ1n) is 37.3. The Morgan fingerprint density at radius 3 is 1.17 bits per heavy atom. The van der Waals surface area contributed by atoms with Gasteiger partial charge in [-0.25, -0.2) is 24.0 Å². The first-order chi connectivity index (χ1) is 47.0. The lowest BCUT2D eigenvalue weighted by molar-refractivity contribution is -0.150. The van der Waals surface area contributed by atoms with Crippen LogP contribution in [0.2, 0.25) is 77.6 Å². The third-order valence-corrected chi connectivity index (χ3v) is 38.2. The van der Waals surface area contributed by atoms with Gasteiger partial charge in [0.15, 0.2) is 22.7 Å². The molecule has 0 bridgehead atoms. The average molecular weight is 1530 g/mol. The van der Waals surface area contributed by atoms with Crippen molar-refractivity contribution in [3.05, 3.63) is 25.3 Å². The summed E-state index contributed by atoms with van der Waals surface area (Å²) in [6.07, 6.45) is 11.8. The second-order valence-electron chi connectivity index (χ2n) is 35.0. The molecular weight excluding hydrogens is 1400 g/mol. The molecule has 3 fully saturated rings. The largest absolute Gasteiger partial charge is 0.466 e. The van der Waals surface area contributed by atoms with E-state index < -0.39 is 90.6 Å². The van der Waals surface area contributed by atoms with Gasteiger partial charge in [-0.15, -0.1) is 0 Å². The molecule has 0 spiro atoms. The van der Waals surface area contributed by atoms with Crippen LogP contribution in [0.5, 0.6) is 0 Å². The molecule has 7 unspecified atom stereocenters. The van der Waals surface area contributed by atoms with Gasteiger partial charge in [0.05, 0.1) is 19.8 Å². The molecule has 0 aliphatic heterocycles. The lowest BCUT2D eigenvalue weighted by Crippen LogP contribution is -2.58. The van der Waals surface area contributed by atoms with Gasteiger partial charge in [0.2, 0.25) is 0 Å². The van der Waals surface area contributed by atoms with Crippen molar-refractivity contribution in [3.63, 3.8) is 0 Å². The number of nitrogens with one attached hydrogen (secondary N) is 3. The van der Waals surface area contributed by atoms with E-state index in [1.165, 1.54) is 0 Å². The van der Waals surface area contributed by atoms with Crippen LogP contribution in [0, 0.1) is 32.5 Å². The van der Waals surface area contributed by atoms with Gasteiger partial charge < -0.3 is 75.0 Å². The van der Waals surface area contributed by atoms with E-state index in [4.69, 9.17) is 59.1 Å². The van der Waals surface area contributed by atoms with Crippen molar-refractivity contribution in [1.29, 1.82) is 0 Å². The number of carbonyl (C=O) groups excluding carboxylic acids is 8. The summed E-state index contributed by atoms with van der Waals surface area (Å²) in [5.74, 6) is -2.36. The molecule has 0 aromatic rings. The molecule has 0 aromatic heterocycles. The minimum absolute atomic E-state index is 0.0276. The minimum atomic E-state index is -2.66. The maximum Gasteiger partial charge on any atom is 0.407 e. The number of amides is 3. The van der Waals surface area contributed by atoms with Gasteiger partial charge in [-0.2, -0.15) is 0 Å². The van der Waals surface area contributed by atoms with Crippen LogP contribution in [0.1, 0.15) is 198 Å². The molecule has 0 saturated heterocycles. The predicted molar refractivity (Wildman–Crippen MR) is 405 cm³/mol. The second-order valence-corrected chi connectivity index (χ2v) is 54.7. The van der Waals surface area contributed by atoms with E-state index in [-0.39, 0.29) is 129 Å². The van der Waals surface area contributed by atoms with Gasteiger partial charge in [0, 0.05) is 56.1 Å². The Kier molecular flexibility index (Phi) is 36.9. The minimum Gasteiger partial charge on any atom is -0.466 e. The standard InChI is InChI=1S/C73H135N3O21Si5/c1-23-26-43-98(13,14)94-100(17,18)96-102(21,22)97-101(19,20)95-99(15,16)44-29-36-85-51-59(93-67(84)76-58-47-70(8,9)55-72(11,50-58)34-31-63(80)89-40-39-87-60(77)24-2)52-92-64(81)32-35-73(12)48-56(45-68(4,5)54-73)74-65(82)90-38-28-27-37-86-62(79)30-33-71(10)49-57(46-69(6,7)53-71)75-66(83)91-42-41-88-61(78)25-3/h24-25,56-59H,2-3,23,26-55H2,1,4-22H3,(H,74,82)(H,75,83)(H,76,84). The maximum atomic E-state index is 14.0. The quantitative estimate of drug-likeness (QED) is 0.0168. The van der Waals surface area contributed by atoms with Gasteiger partial charge in [0.1, 0.15) is 33.0 Å². The highest BCUT2D eigenvalue weighted by Gasteiger charge is 2.48. The molecular formula is C73H135N3O21Si5. The molecule has 0 heterocycles. The summed E-state index contributed by atoms with van der Waals surface area (Å²) in [6.45, 7) is 49.8. The Morgan fingerprint density at radius 2 is 0.755 bits per heavy atom. The molecule has 0 radical (unpaired) electrons. The number of rotatable bonds is 45. The van der Waals surface area contributed by atoms with Gasteiger partial charge in [-0.3, -0.25) is 14.4 Å². The summed E-state index contributed by atoms with van der Waals surface area (Å²) in [5.41, 5.74) is -1.36. The van der Waals surface area contributed by atoms with E-state index >= 15 is 0 Å². The number of ether oxygens (including phenoxy) is 9. The molecule has 0 aromatic carbocycles. The van der Waals surface area contributed by atoms with Crippen LogP contribution in [0.15, 0.2) is 25.3 Å². The third-order valence-electron chi connectivity index (χ3n) is 18.8. The topological polar surface area (TPSA) is 293 Å². The molecule has 24 nitrogen and oxygen atoms in total.